The first-order chi connectivity index (χ1) is 12.7. The largest absolute Gasteiger partial charge is 0.354 e. The van der Waals surface area contributed by atoms with Gasteiger partial charge >= 0.3 is 0 Å². The van der Waals surface area contributed by atoms with Crippen molar-refractivity contribution in [2.45, 2.75) is 38.5 Å². The summed E-state index contributed by atoms with van der Waals surface area (Å²) in [5.41, 5.74) is 4.90. The van der Waals surface area contributed by atoms with Crippen LogP contribution in [0.3, 0.4) is 0 Å². The third-order valence-corrected chi connectivity index (χ3v) is 5.42. The third-order valence-electron chi connectivity index (χ3n) is 4.27. The molecule has 1 aliphatic rings. The van der Waals surface area contributed by atoms with E-state index in [0.29, 0.717) is 12.5 Å². The lowest BCUT2D eigenvalue weighted by molar-refractivity contribution is 0.877. The van der Waals surface area contributed by atoms with Gasteiger partial charge in [0, 0.05) is 36.3 Å². The second-order valence-corrected chi connectivity index (χ2v) is 7.12. The molecule has 7 heteroatoms. The molecule has 0 spiro atoms. The van der Waals surface area contributed by atoms with E-state index in [4.69, 9.17) is 15.2 Å². The number of nitrogens with zero attached hydrogens (tertiary/aromatic N) is 5. The van der Waals surface area contributed by atoms with Crippen LogP contribution in [0.5, 0.6) is 0 Å². The molecule has 3 heterocycles. The third kappa shape index (κ3) is 4.38. The van der Waals surface area contributed by atoms with Crippen LogP contribution in [0, 0.1) is 18.3 Å². The van der Waals surface area contributed by atoms with Gasteiger partial charge in [0.1, 0.15) is 5.37 Å². The van der Waals surface area contributed by atoms with E-state index in [1.54, 1.807) is 18.0 Å². The number of hydrogen-bond donors (Lipinski definition) is 1. The highest BCUT2D eigenvalue weighted by Gasteiger charge is 2.24. The number of nitriles is 1. The molecule has 1 aliphatic heterocycles. The Hall–Kier alpha value is -2.46. The molecule has 2 aromatic heterocycles. The van der Waals surface area contributed by atoms with Crippen LogP contribution in [0.15, 0.2) is 29.4 Å². The summed E-state index contributed by atoms with van der Waals surface area (Å²) >= 11 is 1.78. The lowest BCUT2D eigenvalue weighted by Gasteiger charge is -2.14. The standard InChI is InChI=1S/C19H22N6S/c1-3-14-12-26-18(23-14)17-13(2)16(7-9-20)24-19(25-17)22-11-8-15-6-4-5-10-21-15/h4-6,10,18H,3,7-8,11-12H2,1-2H3,(H,22,24,25). The van der Waals surface area contributed by atoms with Crippen molar-refractivity contribution in [2.75, 3.05) is 17.6 Å². The highest BCUT2D eigenvalue weighted by molar-refractivity contribution is 8.00. The number of nitrogens with one attached hydrogen (secondary N) is 1. The Labute approximate surface area is 158 Å². The number of thioether (sulfide) groups is 1. The van der Waals surface area contributed by atoms with Crippen LogP contribution >= 0.6 is 11.8 Å². The lowest BCUT2D eigenvalue weighted by Crippen LogP contribution is -2.13. The normalized spacial score (nSPS) is 16.2. The molecule has 0 amide bonds. The van der Waals surface area contributed by atoms with Crippen LogP contribution in [0.25, 0.3) is 0 Å². The highest BCUT2D eigenvalue weighted by atomic mass is 32.2. The Morgan fingerprint density at radius 2 is 2.23 bits per heavy atom. The van der Waals surface area contributed by atoms with Crippen LogP contribution in [0.1, 0.15) is 41.4 Å². The van der Waals surface area contributed by atoms with Crippen LogP contribution in [0.2, 0.25) is 0 Å². The molecule has 0 saturated heterocycles. The fourth-order valence-corrected chi connectivity index (χ4v) is 3.99. The molecule has 0 saturated carbocycles. The molecular weight excluding hydrogens is 344 g/mol. The summed E-state index contributed by atoms with van der Waals surface area (Å²) in [5.74, 6) is 1.51. The maximum absolute atomic E-state index is 9.12. The van der Waals surface area contributed by atoms with Crippen molar-refractivity contribution in [3.63, 3.8) is 0 Å². The van der Waals surface area contributed by atoms with Crippen molar-refractivity contribution in [2.24, 2.45) is 4.99 Å². The molecule has 1 unspecified atom stereocenters. The van der Waals surface area contributed by atoms with E-state index in [2.05, 4.69) is 28.3 Å². The van der Waals surface area contributed by atoms with Gasteiger partial charge in [-0.2, -0.15) is 5.26 Å². The summed E-state index contributed by atoms with van der Waals surface area (Å²) in [6.07, 6.45) is 3.82. The Bertz CT molecular complexity index is 828. The van der Waals surface area contributed by atoms with Crippen molar-refractivity contribution < 1.29 is 0 Å². The second kappa shape index (κ2) is 8.77. The smallest absolute Gasteiger partial charge is 0.223 e. The molecule has 0 radical (unpaired) electrons. The number of hydrogen-bond acceptors (Lipinski definition) is 7. The van der Waals surface area contributed by atoms with E-state index in [1.165, 1.54) is 5.71 Å². The molecule has 0 aromatic carbocycles. The number of pyridine rings is 1. The van der Waals surface area contributed by atoms with Gasteiger partial charge in [0.25, 0.3) is 0 Å². The van der Waals surface area contributed by atoms with Gasteiger partial charge < -0.3 is 5.32 Å². The van der Waals surface area contributed by atoms with Gasteiger partial charge in [-0.05, 0) is 31.0 Å². The van der Waals surface area contributed by atoms with Gasteiger partial charge in [0.15, 0.2) is 0 Å². The van der Waals surface area contributed by atoms with Gasteiger partial charge in [-0.25, -0.2) is 9.97 Å². The van der Waals surface area contributed by atoms with E-state index < -0.39 is 0 Å². The first-order valence-corrected chi connectivity index (χ1v) is 9.81. The predicted molar refractivity (Wildman–Crippen MR) is 105 cm³/mol. The summed E-state index contributed by atoms with van der Waals surface area (Å²) in [6.45, 7) is 4.80. The molecule has 134 valence electrons. The summed E-state index contributed by atoms with van der Waals surface area (Å²) < 4.78 is 0. The predicted octanol–water partition coefficient (Wildman–Crippen LogP) is 3.50. The first kappa shape index (κ1) is 18.3. The average molecular weight is 366 g/mol. The summed E-state index contributed by atoms with van der Waals surface area (Å²) in [5, 5.41) is 12.4. The van der Waals surface area contributed by atoms with E-state index >= 15 is 0 Å². The summed E-state index contributed by atoms with van der Waals surface area (Å²) in [4.78, 5) is 18.4. The minimum absolute atomic E-state index is 0.00160. The molecule has 26 heavy (non-hydrogen) atoms. The minimum atomic E-state index is 0.00160. The zero-order chi connectivity index (χ0) is 18.4. The van der Waals surface area contributed by atoms with Gasteiger partial charge in [-0.15, -0.1) is 11.8 Å². The number of aromatic nitrogens is 3. The number of aliphatic imine (C=N–C) groups is 1. The molecule has 0 fully saturated rings. The zero-order valence-electron chi connectivity index (χ0n) is 15.1. The molecule has 0 bridgehead atoms. The van der Waals surface area contributed by atoms with Crippen LogP contribution in [-0.4, -0.2) is 33.0 Å². The monoisotopic (exact) mass is 366 g/mol. The number of anilines is 1. The Balaban J connectivity index is 1.79. The quantitative estimate of drug-likeness (QED) is 0.807. The van der Waals surface area contributed by atoms with Crippen molar-refractivity contribution in [1.82, 2.24) is 15.0 Å². The van der Waals surface area contributed by atoms with E-state index in [9.17, 15) is 0 Å². The molecule has 0 aliphatic carbocycles. The Morgan fingerprint density at radius 1 is 1.35 bits per heavy atom. The zero-order valence-corrected chi connectivity index (χ0v) is 15.9. The van der Waals surface area contributed by atoms with E-state index in [0.717, 1.165) is 41.2 Å². The van der Waals surface area contributed by atoms with Crippen molar-refractivity contribution in [3.05, 3.63) is 47.0 Å². The van der Waals surface area contributed by atoms with Gasteiger partial charge in [0.2, 0.25) is 5.95 Å². The number of rotatable bonds is 7. The van der Waals surface area contributed by atoms with Crippen molar-refractivity contribution in [3.8, 4) is 6.07 Å². The van der Waals surface area contributed by atoms with E-state index in [-0.39, 0.29) is 11.8 Å². The van der Waals surface area contributed by atoms with Gasteiger partial charge in [0.05, 0.1) is 23.9 Å². The average Bonchev–Trinajstić information content (AvgIpc) is 3.14. The Kier molecular flexibility index (Phi) is 6.18. The topological polar surface area (TPSA) is 86.8 Å². The van der Waals surface area contributed by atoms with Crippen LogP contribution < -0.4 is 5.32 Å². The molecule has 1 atom stereocenters. The summed E-state index contributed by atoms with van der Waals surface area (Å²) in [7, 11) is 0. The van der Waals surface area contributed by atoms with Crippen molar-refractivity contribution in [1.29, 1.82) is 5.26 Å². The first-order valence-electron chi connectivity index (χ1n) is 8.76. The molecule has 2 aromatic rings. The van der Waals surface area contributed by atoms with Gasteiger partial charge in [-0.3, -0.25) is 9.98 Å². The molecule has 6 nitrogen and oxygen atoms in total. The summed E-state index contributed by atoms with van der Waals surface area (Å²) in [6, 6.07) is 8.09. The fourth-order valence-electron chi connectivity index (χ4n) is 2.75. The van der Waals surface area contributed by atoms with Crippen LogP contribution in [0.4, 0.5) is 5.95 Å². The van der Waals surface area contributed by atoms with Gasteiger partial charge in [-0.1, -0.05) is 13.0 Å². The SMILES string of the molecule is CCC1=NC(c2nc(NCCc3ccccn3)nc(CC#N)c2C)SC1. The van der Waals surface area contributed by atoms with E-state index in [1.807, 2.05) is 25.1 Å². The highest BCUT2D eigenvalue weighted by Crippen LogP contribution is 2.37. The molecule has 1 N–H and O–H groups in total. The maximum atomic E-state index is 9.12. The molecular formula is C19H22N6S. The Morgan fingerprint density at radius 3 is 2.92 bits per heavy atom. The van der Waals surface area contributed by atoms with Crippen molar-refractivity contribution >= 4 is 23.4 Å². The fraction of sp³-hybridized carbons (Fsp3) is 0.421. The second-order valence-electron chi connectivity index (χ2n) is 6.05. The van der Waals surface area contributed by atoms with Crippen LogP contribution in [-0.2, 0) is 12.8 Å². The maximum Gasteiger partial charge on any atom is 0.223 e. The lowest BCUT2D eigenvalue weighted by atomic mass is 10.1. The minimum Gasteiger partial charge on any atom is -0.354 e. The molecule has 3 rings (SSSR count).